The molecule has 2 aliphatic carbocycles. The monoisotopic (exact) mass is 282 g/mol. The standard InChI is InChI=1S/C13H15BrO2/c14-11-10-3-1-2-8(10)6-9(12(11)15)7-13(16)4-5-13/h6,15-16H,1-5,7H2. The van der Waals surface area contributed by atoms with Crippen molar-refractivity contribution in [2.45, 2.75) is 44.1 Å². The second-order valence-electron chi connectivity index (χ2n) is 5.09. The molecule has 0 aromatic heterocycles. The number of hydrogen-bond donors (Lipinski definition) is 2. The van der Waals surface area contributed by atoms with E-state index in [9.17, 15) is 10.2 Å². The minimum absolute atomic E-state index is 0.334. The summed E-state index contributed by atoms with van der Waals surface area (Å²) < 4.78 is 0.849. The van der Waals surface area contributed by atoms with Gasteiger partial charge in [-0.1, -0.05) is 6.07 Å². The first-order chi connectivity index (χ1) is 7.59. The van der Waals surface area contributed by atoms with Crippen molar-refractivity contribution in [3.63, 3.8) is 0 Å². The molecule has 0 aliphatic heterocycles. The Labute approximate surface area is 103 Å². The molecule has 3 heteroatoms. The van der Waals surface area contributed by atoms with Crippen LogP contribution in [0.5, 0.6) is 5.75 Å². The number of fused-ring (bicyclic) bond motifs is 1. The van der Waals surface area contributed by atoms with Crippen LogP contribution < -0.4 is 0 Å². The molecular weight excluding hydrogens is 268 g/mol. The maximum Gasteiger partial charge on any atom is 0.133 e. The number of benzene rings is 1. The number of phenols is 1. The molecule has 2 aliphatic rings. The minimum Gasteiger partial charge on any atom is -0.506 e. The lowest BCUT2D eigenvalue weighted by molar-refractivity contribution is 0.150. The molecule has 1 aromatic carbocycles. The largest absolute Gasteiger partial charge is 0.506 e. The van der Waals surface area contributed by atoms with Gasteiger partial charge in [-0.25, -0.2) is 0 Å². The van der Waals surface area contributed by atoms with E-state index in [2.05, 4.69) is 22.0 Å². The Morgan fingerprint density at radius 2 is 2.06 bits per heavy atom. The third kappa shape index (κ3) is 1.66. The van der Waals surface area contributed by atoms with Crippen molar-refractivity contribution in [3.05, 3.63) is 27.2 Å². The van der Waals surface area contributed by atoms with E-state index in [0.29, 0.717) is 12.2 Å². The van der Waals surface area contributed by atoms with E-state index in [4.69, 9.17) is 0 Å². The van der Waals surface area contributed by atoms with E-state index in [1.165, 1.54) is 17.5 Å². The number of aryl methyl sites for hydroxylation is 1. The fourth-order valence-electron chi connectivity index (χ4n) is 2.55. The van der Waals surface area contributed by atoms with Crippen molar-refractivity contribution in [3.8, 4) is 5.75 Å². The quantitative estimate of drug-likeness (QED) is 0.876. The molecule has 2 nitrogen and oxygen atoms in total. The third-order valence-electron chi connectivity index (χ3n) is 3.73. The van der Waals surface area contributed by atoms with Crippen LogP contribution in [0.2, 0.25) is 0 Å². The fourth-order valence-corrected chi connectivity index (χ4v) is 3.26. The molecule has 0 saturated heterocycles. The first kappa shape index (κ1) is 10.6. The first-order valence-corrected chi connectivity index (χ1v) is 6.63. The lowest BCUT2D eigenvalue weighted by atomic mass is 10.00. The molecule has 0 radical (unpaired) electrons. The number of aromatic hydroxyl groups is 1. The average molecular weight is 283 g/mol. The zero-order chi connectivity index (χ0) is 11.3. The van der Waals surface area contributed by atoms with Gasteiger partial charge in [-0.15, -0.1) is 0 Å². The van der Waals surface area contributed by atoms with Crippen molar-refractivity contribution in [2.75, 3.05) is 0 Å². The number of halogens is 1. The van der Waals surface area contributed by atoms with Crippen LogP contribution in [-0.2, 0) is 19.3 Å². The minimum atomic E-state index is -0.538. The van der Waals surface area contributed by atoms with Crippen molar-refractivity contribution in [2.24, 2.45) is 0 Å². The van der Waals surface area contributed by atoms with Gasteiger partial charge in [0.15, 0.2) is 0 Å². The highest BCUT2D eigenvalue weighted by atomic mass is 79.9. The molecule has 0 amide bonds. The maximum absolute atomic E-state index is 10.1. The second kappa shape index (κ2) is 3.47. The smallest absolute Gasteiger partial charge is 0.133 e. The summed E-state index contributed by atoms with van der Waals surface area (Å²) in [6, 6.07) is 2.08. The van der Waals surface area contributed by atoms with Crippen LogP contribution >= 0.6 is 15.9 Å². The topological polar surface area (TPSA) is 40.5 Å². The number of aliphatic hydroxyl groups is 1. The van der Waals surface area contributed by atoms with Gasteiger partial charge < -0.3 is 10.2 Å². The lowest BCUT2D eigenvalue weighted by Crippen LogP contribution is -2.11. The predicted molar refractivity (Wildman–Crippen MR) is 65.7 cm³/mol. The van der Waals surface area contributed by atoms with Crippen LogP contribution in [0, 0.1) is 0 Å². The van der Waals surface area contributed by atoms with Gasteiger partial charge in [0.2, 0.25) is 0 Å². The van der Waals surface area contributed by atoms with Crippen LogP contribution in [0.4, 0.5) is 0 Å². The second-order valence-corrected chi connectivity index (χ2v) is 5.88. The lowest BCUT2D eigenvalue weighted by Gasteiger charge is -2.14. The molecule has 86 valence electrons. The summed E-state index contributed by atoms with van der Waals surface area (Å²) in [7, 11) is 0. The van der Waals surface area contributed by atoms with Gasteiger partial charge in [0.25, 0.3) is 0 Å². The highest BCUT2D eigenvalue weighted by Crippen LogP contribution is 2.44. The van der Waals surface area contributed by atoms with Gasteiger partial charge in [0.1, 0.15) is 5.75 Å². The van der Waals surface area contributed by atoms with Gasteiger partial charge in [0, 0.05) is 6.42 Å². The highest BCUT2D eigenvalue weighted by molar-refractivity contribution is 9.10. The summed E-state index contributed by atoms with van der Waals surface area (Å²) in [6.45, 7) is 0. The van der Waals surface area contributed by atoms with E-state index in [1.54, 1.807) is 0 Å². The molecule has 0 unspecified atom stereocenters. The molecule has 0 bridgehead atoms. The first-order valence-electron chi connectivity index (χ1n) is 5.83. The van der Waals surface area contributed by atoms with Gasteiger partial charge >= 0.3 is 0 Å². The van der Waals surface area contributed by atoms with E-state index in [1.807, 2.05) is 0 Å². The highest BCUT2D eigenvalue weighted by Gasteiger charge is 2.41. The van der Waals surface area contributed by atoms with Crippen molar-refractivity contribution < 1.29 is 10.2 Å². The molecule has 0 atom stereocenters. The van der Waals surface area contributed by atoms with E-state index >= 15 is 0 Å². The van der Waals surface area contributed by atoms with Crippen molar-refractivity contribution >= 4 is 15.9 Å². The Balaban J connectivity index is 2.02. The van der Waals surface area contributed by atoms with Crippen molar-refractivity contribution in [1.82, 2.24) is 0 Å². The predicted octanol–water partition coefficient (Wildman–Crippen LogP) is 2.71. The number of phenolic OH excluding ortho intramolecular Hbond substituents is 1. The maximum atomic E-state index is 10.1. The van der Waals surface area contributed by atoms with Crippen LogP contribution in [0.3, 0.4) is 0 Å². The fraction of sp³-hybridized carbons (Fsp3) is 0.538. The van der Waals surface area contributed by atoms with Crippen LogP contribution in [0.25, 0.3) is 0 Å². The van der Waals surface area contributed by atoms with Crippen LogP contribution in [0.1, 0.15) is 36.0 Å². The zero-order valence-corrected chi connectivity index (χ0v) is 10.7. The Kier molecular flexibility index (Phi) is 2.30. The molecule has 1 aromatic rings. The summed E-state index contributed by atoms with van der Waals surface area (Å²) in [4.78, 5) is 0. The molecule has 3 rings (SSSR count). The zero-order valence-electron chi connectivity index (χ0n) is 9.09. The van der Waals surface area contributed by atoms with E-state index in [0.717, 1.165) is 35.7 Å². The van der Waals surface area contributed by atoms with Crippen LogP contribution in [-0.4, -0.2) is 15.8 Å². The van der Waals surface area contributed by atoms with Crippen molar-refractivity contribution in [1.29, 1.82) is 0 Å². The third-order valence-corrected chi connectivity index (χ3v) is 4.59. The SMILES string of the molecule is Oc1c(CC2(O)CC2)cc2c(c1Br)CCC2. The Morgan fingerprint density at radius 3 is 2.75 bits per heavy atom. The molecule has 0 heterocycles. The van der Waals surface area contributed by atoms with Gasteiger partial charge in [-0.2, -0.15) is 0 Å². The van der Waals surface area contributed by atoms with Gasteiger partial charge in [-0.05, 0) is 64.7 Å². The number of hydrogen-bond acceptors (Lipinski definition) is 2. The summed E-state index contributed by atoms with van der Waals surface area (Å²) in [5, 5.41) is 20.0. The molecule has 1 saturated carbocycles. The van der Waals surface area contributed by atoms with Crippen LogP contribution in [0.15, 0.2) is 10.5 Å². The number of rotatable bonds is 2. The van der Waals surface area contributed by atoms with E-state index < -0.39 is 5.60 Å². The summed E-state index contributed by atoms with van der Waals surface area (Å²) in [5.74, 6) is 0.334. The molecule has 1 fully saturated rings. The van der Waals surface area contributed by atoms with E-state index in [-0.39, 0.29) is 0 Å². The summed E-state index contributed by atoms with van der Waals surface area (Å²) >= 11 is 3.48. The molecule has 16 heavy (non-hydrogen) atoms. The summed E-state index contributed by atoms with van der Waals surface area (Å²) in [6.07, 6.45) is 5.63. The normalized spacial score (nSPS) is 20.9. The Bertz CT molecular complexity index is 450. The molecule has 0 spiro atoms. The van der Waals surface area contributed by atoms with Gasteiger partial charge in [0.05, 0.1) is 10.1 Å². The molecule has 2 N–H and O–H groups in total. The Hall–Kier alpha value is -0.540. The van der Waals surface area contributed by atoms with Gasteiger partial charge in [-0.3, -0.25) is 0 Å². The molecular formula is C13H15BrO2. The summed E-state index contributed by atoms with van der Waals surface area (Å²) in [5.41, 5.74) is 2.95. The Morgan fingerprint density at radius 1 is 1.31 bits per heavy atom. The average Bonchev–Trinajstić information content (AvgIpc) is 2.79.